The lowest BCUT2D eigenvalue weighted by molar-refractivity contribution is -0.133. The molecule has 3 aromatic carbocycles. The highest BCUT2D eigenvalue weighted by Gasteiger charge is 2.29. The number of nitrogens with two attached hydrogens (primary N) is 1. The largest absolute Gasteiger partial charge is 0.493 e. The van der Waals surface area contributed by atoms with Gasteiger partial charge >= 0.3 is 0 Å². The van der Waals surface area contributed by atoms with E-state index in [0.29, 0.717) is 31.1 Å². The van der Waals surface area contributed by atoms with Crippen LogP contribution < -0.4 is 15.2 Å². The van der Waals surface area contributed by atoms with Crippen LogP contribution in [-0.4, -0.2) is 31.0 Å². The summed E-state index contributed by atoms with van der Waals surface area (Å²) in [6, 6.07) is 16.9. The number of amides is 1. The van der Waals surface area contributed by atoms with Crippen molar-refractivity contribution in [3.05, 3.63) is 94.6 Å². The highest BCUT2D eigenvalue weighted by Crippen LogP contribution is 2.34. The quantitative estimate of drug-likeness (QED) is 0.470. The van der Waals surface area contributed by atoms with E-state index in [0.717, 1.165) is 36.5 Å². The first-order valence-electron chi connectivity index (χ1n) is 11.8. The molecular formula is C28H30F2N2O3. The molecule has 0 bridgehead atoms. The van der Waals surface area contributed by atoms with Crippen LogP contribution in [0, 0.1) is 11.6 Å². The molecule has 3 aromatic rings. The van der Waals surface area contributed by atoms with E-state index >= 15 is 0 Å². The van der Waals surface area contributed by atoms with Crippen LogP contribution in [0.2, 0.25) is 0 Å². The van der Waals surface area contributed by atoms with Gasteiger partial charge in [-0.15, -0.1) is 0 Å². The molecule has 4 rings (SSSR count). The zero-order valence-corrected chi connectivity index (χ0v) is 19.8. The lowest BCUT2D eigenvalue weighted by atomic mass is 9.82. The number of rotatable bonds is 9. The number of carbonyl (C=O) groups excluding carboxylic acids is 1. The Kier molecular flexibility index (Phi) is 7.98. The van der Waals surface area contributed by atoms with Crippen molar-refractivity contribution in [1.82, 2.24) is 4.90 Å². The summed E-state index contributed by atoms with van der Waals surface area (Å²) >= 11 is 0. The van der Waals surface area contributed by atoms with Crippen LogP contribution in [0.1, 0.15) is 41.0 Å². The first kappa shape index (κ1) is 24.7. The van der Waals surface area contributed by atoms with Crippen molar-refractivity contribution in [1.29, 1.82) is 0 Å². The van der Waals surface area contributed by atoms with E-state index in [1.54, 1.807) is 11.0 Å². The highest BCUT2D eigenvalue weighted by atomic mass is 19.1. The molecule has 0 spiro atoms. The number of benzene rings is 3. The number of methoxy groups -OCH3 is 1. The second-order valence-corrected chi connectivity index (χ2v) is 8.70. The normalized spacial score (nSPS) is 14.8. The van der Waals surface area contributed by atoms with Gasteiger partial charge in [0.25, 0.3) is 0 Å². The summed E-state index contributed by atoms with van der Waals surface area (Å²) in [4.78, 5) is 15.3. The molecule has 2 N–H and O–H groups in total. The molecule has 1 atom stereocenters. The summed E-state index contributed by atoms with van der Waals surface area (Å²) in [6.45, 7) is 1.13. The van der Waals surface area contributed by atoms with Gasteiger partial charge in [0.15, 0.2) is 11.5 Å². The lowest BCUT2D eigenvalue weighted by Gasteiger charge is -2.31. The molecule has 1 aliphatic rings. The van der Waals surface area contributed by atoms with Crippen LogP contribution in [0.4, 0.5) is 8.78 Å². The smallest absolute Gasteiger partial charge is 0.230 e. The van der Waals surface area contributed by atoms with E-state index < -0.39 is 11.6 Å². The van der Waals surface area contributed by atoms with Gasteiger partial charge in [-0.1, -0.05) is 30.3 Å². The van der Waals surface area contributed by atoms with Crippen molar-refractivity contribution in [3.63, 3.8) is 0 Å². The van der Waals surface area contributed by atoms with E-state index in [1.807, 2.05) is 24.3 Å². The Balaban J connectivity index is 1.49. The Morgan fingerprint density at radius 1 is 1.09 bits per heavy atom. The van der Waals surface area contributed by atoms with E-state index in [1.165, 1.54) is 24.8 Å². The van der Waals surface area contributed by atoms with Crippen molar-refractivity contribution in [3.8, 4) is 11.5 Å². The first-order valence-corrected chi connectivity index (χ1v) is 11.8. The third kappa shape index (κ3) is 5.80. The summed E-state index contributed by atoms with van der Waals surface area (Å²) in [5, 5.41) is 0. The molecule has 1 amide bonds. The minimum atomic E-state index is -0.666. The summed E-state index contributed by atoms with van der Waals surface area (Å²) in [5.74, 6) is -0.497. The van der Waals surface area contributed by atoms with E-state index in [9.17, 15) is 13.6 Å². The van der Waals surface area contributed by atoms with Crippen molar-refractivity contribution >= 4 is 5.91 Å². The summed E-state index contributed by atoms with van der Waals surface area (Å²) in [5.41, 5.74) is 9.31. The number of nitrogens with zero attached hydrogens (tertiary/aromatic N) is 1. The molecule has 7 heteroatoms. The Bertz CT molecular complexity index is 1180. The maximum atomic E-state index is 13.9. The topological polar surface area (TPSA) is 64.8 Å². The SMILES string of the molecule is COc1cc(CN(CCN)C(=O)C2CCCc3ccccc32)ccc1OCc1ccc(F)cc1F. The molecule has 5 nitrogen and oxygen atoms in total. The van der Waals surface area contributed by atoms with E-state index in [4.69, 9.17) is 15.2 Å². The third-order valence-electron chi connectivity index (χ3n) is 6.38. The molecule has 0 aromatic heterocycles. The second-order valence-electron chi connectivity index (χ2n) is 8.70. The van der Waals surface area contributed by atoms with Gasteiger partial charge in [0.1, 0.15) is 18.2 Å². The Morgan fingerprint density at radius 3 is 2.69 bits per heavy atom. The van der Waals surface area contributed by atoms with Crippen LogP contribution in [0.25, 0.3) is 0 Å². The number of ether oxygens (including phenoxy) is 2. The fourth-order valence-corrected chi connectivity index (χ4v) is 4.60. The van der Waals surface area contributed by atoms with Crippen LogP contribution in [-0.2, 0) is 24.4 Å². The number of hydrogen-bond acceptors (Lipinski definition) is 4. The fourth-order valence-electron chi connectivity index (χ4n) is 4.60. The fraction of sp³-hybridized carbons (Fsp3) is 0.321. The molecule has 0 saturated heterocycles. The van der Waals surface area contributed by atoms with Gasteiger partial charge in [0.05, 0.1) is 13.0 Å². The molecule has 1 aliphatic carbocycles. The maximum Gasteiger partial charge on any atom is 0.230 e. The standard InChI is InChI=1S/C28H30F2N2O3/c1-34-27-15-19(9-12-26(27)35-18-21-10-11-22(29)16-25(21)30)17-32(14-13-31)28(33)24-8-4-6-20-5-2-3-7-23(20)24/h2-3,5,7,9-12,15-16,24H,4,6,8,13-14,17-18,31H2,1H3. The average Bonchev–Trinajstić information content (AvgIpc) is 2.87. The second kappa shape index (κ2) is 11.3. The van der Waals surface area contributed by atoms with Crippen molar-refractivity contribution < 1.29 is 23.0 Å². The number of hydrogen-bond donors (Lipinski definition) is 1. The molecule has 0 radical (unpaired) electrons. The Hall–Kier alpha value is -3.45. The number of carbonyl (C=O) groups is 1. The predicted octanol–water partition coefficient (Wildman–Crippen LogP) is 4.96. The molecule has 0 heterocycles. The molecule has 1 unspecified atom stereocenters. The minimum absolute atomic E-state index is 0.0688. The van der Waals surface area contributed by atoms with Gasteiger partial charge in [0, 0.05) is 31.3 Å². The molecule has 0 saturated carbocycles. The molecule has 0 aliphatic heterocycles. The van der Waals surface area contributed by atoms with Crippen LogP contribution in [0.3, 0.4) is 0 Å². The molecule has 184 valence electrons. The van der Waals surface area contributed by atoms with Crippen LogP contribution in [0.5, 0.6) is 11.5 Å². The third-order valence-corrected chi connectivity index (χ3v) is 6.38. The zero-order chi connectivity index (χ0) is 24.8. The number of fused-ring (bicyclic) bond motifs is 1. The van der Waals surface area contributed by atoms with E-state index in [2.05, 4.69) is 12.1 Å². The van der Waals surface area contributed by atoms with Gasteiger partial charge in [-0.2, -0.15) is 0 Å². The minimum Gasteiger partial charge on any atom is -0.493 e. The van der Waals surface area contributed by atoms with Crippen LogP contribution >= 0.6 is 0 Å². The zero-order valence-electron chi connectivity index (χ0n) is 19.8. The van der Waals surface area contributed by atoms with Gasteiger partial charge in [-0.3, -0.25) is 4.79 Å². The molecule has 0 fully saturated rings. The molecular weight excluding hydrogens is 450 g/mol. The maximum absolute atomic E-state index is 13.9. The monoisotopic (exact) mass is 480 g/mol. The van der Waals surface area contributed by atoms with Gasteiger partial charge in [0.2, 0.25) is 5.91 Å². The summed E-state index contributed by atoms with van der Waals surface area (Å²) < 4.78 is 38.3. The average molecular weight is 481 g/mol. The van der Waals surface area contributed by atoms with Crippen molar-refractivity contribution in [2.24, 2.45) is 5.73 Å². The van der Waals surface area contributed by atoms with Gasteiger partial charge < -0.3 is 20.1 Å². The van der Waals surface area contributed by atoms with Crippen molar-refractivity contribution in [2.75, 3.05) is 20.2 Å². The van der Waals surface area contributed by atoms with Gasteiger partial charge in [-0.05, 0) is 60.2 Å². The van der Waals surface area contributed by atoms with Gasteiger partial charge in [-0.25, -0.2) is 8.78 Å². The van der Waals surface area contributed by atoms with E-state index in [-0.39, 0.29) is 24.0 Å². The summed E-state index contributed by atoms with van der Waals surface area (Å²) in [6.07, 6.45) is 2.81. The van der Waals surface area contributed by atoms with Crippen LogP contribution in [0.15, 0.2) is 60.7 Å². The molecule has 35 heavy (non-hydrogen) atoms. The lowest BCUT2D eigenvalue weighted by Crippen LogP contribution is -2.39. The number of halogens is 2. The highest BCUT2D eigenvalue weighted by molar-refractivity contribution is 5.84. The first-order chi connectivity index (χ1) is 17.0. The predicted molar refractivity (Wildman–Crippen MR) is 130 cm³/mol. The summed E-state index contributed by atoms with van der Waals surface area (Å²) in [7, 11) is 1.52. The number of aryl methyl sites for hydroxylation is 1. The Morgan fingerprint density at radius 2 is 1.91 bits per heavy atom. The Labute approximate surface area is 204 Å². The van der Waals surface area contributed by atoms with Crippen molar-refractivity contribution in [2.45, 2.75) is 38.3 Å².